The number of quaternary nitrogens is 1. The van der Waals surface area contributed by atoms with Gasteiger partial charge in [0.15, 0.2) is 11.7 Å². The predicted octanol–water partition coefficient (Wildman–Crippen LogP) is 4.51. The van der Waals surface area contributed by atoms with E-state index in [2.05, 4.69) is 5.32 Å². The molecule has 0 aliphatic carbocycles. The third kappa shape index (κ3) is 4.52. The number of para-hydroxylation sites is 1. The van der Waals surface area contributed by atoms with Crippen LogP contribution in [0.2, 0.25) is 0 Å². The zero-order valence-electron chi connectivity index (χ0n) is 17.0. The molecule has 1 aliphatic rings. The van der Waals surface area contributed by atoms with Crippen molar-refractivity contribution in [3.05, 3.63) is 60.2 Å². The van der Waals surface area contributed by atoms with E-state index in [0.29, 0.717) is 5.69 Å². The van der Waals surface area contributed by atoms with Gasteiger partial charge in [0.25, 0.3) is 0 Å². The highest BCUT2D eigenvalue weighted by molar-refractivity contribution is 8.14. The van der Waals surface area contributed by atoms with Crippen molar-refractivity contribution >= 4 is 34.7 Å². The van der Waals surface area contributed by atoms with E-state index in [-0.39, 0.29) is 11.7 Å². The van der Waals surface area contributed by atoms with E-state index in [4.69, 9.17) is 4.74 Å². The van der Waals surface area contributed by atoms with Crippen LogP contribution in [-0.2, 0) is 16.0 Å². The minimum atomic E-state index is -0.923. The number of nitrogens with zero attached hydrogens (tertiary/aromatic N) is 1. The Morgan fingerprint density at radius 2 is 1.69 bits per heavy atom. The molecule has 0 saturated carbocycles. The standard InChI is InChI=1S/C22H24N2O4S/c1-22(2,3)28-20(26)23-16(14-15-10-6-5-7-11-15)19(25)24(4)17-12-8-9-13-18(17)29-21(24)27/h5-13,16H,14H2,1-4H3/p+1/t16-,24?/m0/s1. The van der Waals surface area contributed by atoms with Gasteiger partial charge in [-0.2, -0.15) is 4.48 Å². The van der Waals surface area contributed by atoms with Crippen molar-refractivity contribution in [2.24, 2.45) is 0 Å². The van der Waals surface area contributed by atoms with E-state index >= 15 is 0 Å². The van der Waals surface area contributed by atoms with Crippen molar-refractivity contribution < 1.29 is 19.1 Å². The molecule has 1 unspecified atom stereocenters. The molecular weight excluding hydrogens is 388 g/mol. The Hall–Kier alpha value is -2.64. The van der Waals surface area contributed by atoms with Gasteiger partial charge in [-0.25, -0.2) is 14.4 Å². The molecule has 7 heteroatoms. The number of hydrogen-bond donors (Lipinski definition) is 1. The van der Waals surface area contributed by atoms with Crippen LogP contribution in [-0.4, -0.2) is 35.9 Å². The van der Waals surface area contributed by atoms with Crippen LogP contribution >= 0.6 is 11.8 Å². The second-order valence-corrected chi connectivity index (χ2v) is 9.06. The summed E-state index contributed by atoms with van der Waals surface area (Å²) in [5.41, 5.74) is 0.798. The summed E-state index contributed by atoms with van der Waals surface area (Å²) in [4.78, 5) is 39.6. The van der Waals surface area contributed by atoms with Gasteiger partial charge in [-0.05, 0) is 32.4 Å². The summed E-state index contributed by atoms with van der Waals surface area (Å²) in [7, 11) is 1.58. The normalized spacial score (nSPS) is 19.4. The molecular formula is C22H25N2O4S+. The molecule has 0 bridgehead atoms. The zero-order chi connectivity index (χ0) is 21.2. The SMILES string of the molecule is CC(C)(C)OC(=O)N[C@@H](Cc1ccccc1)C(=O)[N+]1(C)C(=O)Sc2ccccc21. The lowest BCUT2D eigenvalue weighted by Gasteiger charge is -2.29. The first-order valence-corrected chi connectivity index (χ1v) is 10.2. The van der Waals surface area contributed by atoms with Crippen molar-refractivity contribution in [2.45, 2.75) is 43.7 Å². The fourth-order valence-electron chi connectivity index (χ4n) is 3.22. The fraction of sp³-hybridized carbons (Fsp3) is 0.318. The van der Waals surface area contributed by atoms with Gasteiger partial charge < -0.3 is 10.1 Å². The van der Waals surface area contributed by atoms with E-state index < -0.39 is 28.1 Å². The molecule has 2 aromatic carbocycles. The van der Waals surface area contributed by atoms with E-state index in [9.17, 15) is 14.4 Å². The number of alkyl carbamates (subject to hydrolysis) is 1. The van der Waals surface area contributed by atoms with E-state index in [0.717, 1.165) is 22.2 Å². The van der Waals surface area contributed by atoms with Crippen LogP contribution in [0.25, 0.3) is 0 Å². The molecule has 0 saturated heterocycles. The highest BCUT2D eigenvalue weighted by Gasteiger charge is 2.53. The first-order chi connectivity index (χ1) is 13.6. The Kier molecular flexibility index (Phi) is 5.82. The smallest absolute Gasteiger partial charge is 0.408 e. The number of ether oxygens (including phenoxy) is 1. The molecule has 29 heavy (non-hydrogen) atoms. The maximum atomic E-state index is 13.6. The summed E-state index contributed by atoms with van der Waals surface area (Å²) < 4.78 is 4.84. The lowest BCUT2D eigenvalue weighted by molar-refractivity contribution is -0.128. The minimum absolute atomic E-state index is 0.257. The predicted molar refractivity (Wildman–Crippen MR) is 114 cm³/mol. The van der Waals surface area contributed by atoms with Crippen LogP contribution in [0.5, 0.6) is 0 Å². The number of nitrogens with one attached hydrogen (secondary N) is 1. The van der Waals surface area contributed by atoms with Crippen LogP contribution in [0.1, 0.15) is 26.3 Å². The average Bonchev–Trinajstić information content (AvgIpc) is 2.91. The summed E-state index contributed by atoms with van der Waals surface area (Å²) in [6, 6.07) is 15.7. The zero-order valence-corrected chi connectivity index (χ0v) is 17.8. The third-order valence-corrected chi connectivity index (χ3v) is 5.73. The number of carbonyl (C=O) groups excluding carboxylic acids is 3. The van der Waals surface area contributed by atoms with Crippen molar-refractivity contribution in [2.75, 3.05) is 7.05 Å². The Bertz CT molecular complexity index is 939. The Morgan fingerprint density at radius 1 is 1.07 bits per heavy atom. The lowest BCUT2D eigenvalue weighted by atomic mass is 10.0. The van der Waals surface area contributed by atoms with Crippen LogP contribution < -0.4 is 9.80 Å². The van der Waals surface area contributed by atoms with Crippen molar-refractivity contribution in [1.82, 2.24) is 9.80 Å². The molecule has 1 N–H and O–H groups in total. The van der Waals surface area contributed by atoms with Gasteiger partial charge in [0, 0.05) is 24.2 Å². The summed E-state index contributed by atoms with van der Waals surface area (Å²) in [5.74, 6) is -0.401. The number of hydrogen-bond acceptors (Lipinski definition) is 5. The van der Waals surface area contributed by atoms with Gasteiger partial charge in [0.2, 0.25) is 0 Å². The summed E-state index contributed by atoms with van der Waals surface area (Å²) in [6.07, 6.45) is -0.432. The molecule has 0 radical (unpaired) electrons. The third-order valence-electron chi connectivity index (χ3n) is 4.62. The summed E-state index contributed by atoms with van der Waals surface area (Å²) in [6.45, 7) is 5.27. The number of benzene rings is 2. The van der Waals surface area contributed by atoms with Crippen molar-refractivity contribution in [3.8, 4) is 0 Å². The number of rotatable bonds is 4. The lowest BCUT2D eigenvalue weighted by Crippen LogP contribution is -2.60. The van der Waals surface area contributed by atoms with Gasteiger partial charge in [-0.3, -0.25) is 0 Å². The Labute approximate surface area is 174 Å². The summed E-state index contributed by atoms with van der Waals surface area (Å²) in [5, 5.41) is 2.40. The van der Waals surface area contributed by atoms with Crippen LogP contribution in [0.3, 0.4) is 0 Å². The van der Waals surface area contributed by atoms with E-state index in [1.54, 1.807) is 40.0 Å². The molecule has 152 valence electrons. The van der Waals surface area contributed by atoms with Crippen LogP contribution in [0.4, 0.5) is 15.3 Å². The van der Waals surface area contributed by atoms with E-state index in [1.165, 1.54) is 0 Å². The minimum Gasteiger partial charge on any atom is -0.444 e. The van der Waals surface area contributed by atoms with Crippen LogP contribution in [0, 0.1) is 0 Å². The number of thioether (sulfide) groups is 1. The van der Waals surface area contributed by atoms with E-state index in [1.807, 2.05) is 42.5 Å². The van der Waals surface area contributed by atoms with Gasteiger partial charge in [0.05, 0.1) is 11.9 Å². The number of fused-ring (bicyclic) bond motifs is 1. The summed E-state index contributed by atoms with van der Waals surface area (Å²) >= 11 is 1.05. The monoisotopic (exact) mass is 413 g/mol. The fourth-order valence-corrected chi connectivity index (χ4v) is 4.28. The molecule has 3 amide bonds. The van der Waals surface area contributed by atoms with Gasteiger partial charge in [-0.15, -0.1) is 0 Å². The first-order valence-electron chi connectivity index (χ1n) is 9.37. The highest BCUT2D eigenvalue weighted by atomic mass is 32.2. The number of likely N-dealkylation sites (N-methyl/N-ethyl adjacent to an activating group) is 1. The second-order valence-electron chi connectivity index (χ2n) is 8.07. The van der Waals surface area contributed by atoms with Gasteiger partial charge in [-0.1, -0.05) is 42.5 Å². The van der Waals surface area contributed by atoms with Crippen molar-refractivity contribution in [1.29, 1.82) is 0 Å². The van der Waals surface area contributed by atoms with Crippen molar-refractivity contribution in [3.63, 3.8) is 0 Å². The second kappa shape index (κ2) is 8.00. The number of amides is 3. The largest absolute Gasteiger partial charge is 0.444 e. The molecule has 2 atom stereocenters. The van der Waals surface area contributed by atoms with Gasteiger partial charge in [0.1, 0.15) is 5.60 Å². The number of carbonyl (C=O) groups is 3. The molecule has 2 aromatic rings. The topological polar surface area (TPSA) is 72.5 Å². The maximum absolute atomic E-state index is 13.6. The molecule has 0 fully saturated rings. The highest BCUT2D eigenvalue weighted by Crippen LogP contribution is 2.44. The average molecular weight is 414 g/mol. The quantitative estimate of drug-likeness (QED) is 0.747. The first kappa shape index (κ1) is 21.1. The molecule has 3 rings (SSSR count). The number of imide groups is 1. The van der Waals surface area contributed by atoms with Crippen LogP contribution in [0.15, 0.2) is 59.5 Å². The molecule has 1 heterocycles. The molecule has 1 aliphatic heterocycles. The molecule has 6 nitrogen and oxygen atoms in total. The maximum Gasteiger partial charge on any atom is 0.408 e. The Balaban J connectivity index is 1.93. The molecule has 0 aromatic heterocycles. The molecule has 0 spiro atoms. The Morgan fingerprint density at radius 3 is 2.34 bits per heavy atom. The van der Waals surface area contributed by atoms with Gasteiger partial charge >= 0.3 is 17.2 Å².